The van der Waals surface area contributed by atoms with E-state index in [2.05, 4.69) is 29.2 Å². The Hall–Kier alpha value is -3.15. The van der Waals surface area contributed by atoms with E-state index in [0.717, 1.165) is 60.1 Å². The van der Waals surface area contributed by atoms with Crippen molar-refractivity contribution in [1.82, 2.24) is 5.43 Å². The topological polar surface area (TPSA) is 61.3 Å². The highest BCUT2D eigenvalue weighted by molar-refractivity contribution is 5.81. The third kappa shape index (κ3) is 4.39. The second-order valence-corrected chi connectivity index (χ2v) is 6.94. The van der Waals surface area contributed by atoms with Crippen molar-refractivity contribution >= 4 is 5.71 Å². The standard InChI is InChI=1S/C22H24N2O4/c1-15(3-5-17-7-9-19-21(11-17)27-13-25-19)23-24-16(2)4-6-18-8-10-20-22(12-18)28-14-26-20/h7-12,23H,1,3-6,13-14H2,2H3/b24-16+. The van der Waals surface area contributed by atoms with Gasteiger partial charge in [-0.05, 0) is 68.0 Å². The lowest BCUT2D eigenvalue weighted by atomic mass is 10.1. The van der Waals surface area contributed by atoms with Gasteiger partial charge < -0.3 is 18.9 Å². The van der Waals surface area contributed by atoms with Crippen LogP contribution in [-0.2, 0) is 12.8 Å². The summed E-state index contributed by atoms with van der Waals surface area (Å²) in [6, 6.07) is 12.1. The number of nitrogens with one attached hydrogen (secondary N) is 1. The molecule has 0 saturated heterocycles. The number of hydrogen-bond donors (Lipinski definition) is 1. The maximum absolute atomic E-state index is 5.42. The van der Waals surface area contributed by atoms with Gasteiger partial charge >= 0.3 is 0 Å². The maximum Gasteiger partial charge on any atom is 0.231 e. The molecule has 1 N–H and O–H groups in total. The molecule has 0 amide bonds. The van der Waals surface area contributed by atoms with Crippen molar-refractivity contribution in [3.05, 3.63) is 59.8 Å². The molecule has 2 aromatic rings. The van der Waals surface area contributed by atoms with Crippen molar-refractivity contribution < 1.29 is 18.9 Å². The largest absolute Gasteiger partial charge is 0.454 e. The number of allylic oxidation sites excluding steroid dienone is 1. The Morgan fingerprint density at radius 1 is 0.857 bits per heavy atom. The van der Waals surface area contributed by atoms with Gasteiger partial charge in [0, 0.05) is 11.4 Å². The third-order valence-corrected chi connectivity index (χ3v) is 4.77. The number of hydrazone groups is 1. The fraction of sp³-hybridized carbons (Fsp3) is 0.318. The van der Waals surface area contributed by atoms with Gasteiger partial charge in [0.1, 0.15) is 0 Å². The van der Waals surface area contributed by atoms with Gasteiger partial charge in [-0.1, -0.05) is 18.7 Å². The SMILES string of the molecule is C=C(CCc1ccc2c(c1)OCO2)N/N=C(\C)CCc1ccc2c(c1)OCO2. The normalized spacial score (nSPS) is 14.2. The molecule has 0 radical (unpaired) electrons. The molecule has 2 aromatic carbocycles. The smallest absolute Gasteiger partial charge is 0.231 e. The molecule has 0 spiro atoms. The molecule has 146 valence electrons. The summed E-state index contributed by atoms with van der Waals surface area (Å²) in [6.07, 6.45) is 3.44. The molecule has 0 unspecified atom stereocenters. The monoisotopic (exact) mass is 380 g/mol. The van der Waals surface area contributed by atoms with Crippen LogP contribution in [0.3, 0.4) is 0 Å². The fourth-order valence-corrected chi connectivity index (χ4v) is 3.10. The van der Waals surface area contributed by atoms with Gasteiger partial charge in [-0.3, -0.25) is 5.43 Å². The van der Waals surface area contributed by atoms with Crippen LogP contribution in [0.4, 0.5) is 0 Å². The van der Waals surface area contributed by atoms with E-state index in [1.165, 1.54) is 11.1 Å². The Labute approximate surface area is 164 Å². The lowest BCUT2D eigenvalue weighted by Gasteiger charge is -2.08. The van der Waals surface area contributed by atoms with E-state index in [1.54, 1.807) is 0 Å². The number of benzene rings is 2. The first-order valence-corrected chi connectivity index (χ1v) is 9.41. The Balaban J connectivity index is 1.21. The van der Waals surface area contributed by atoms with Gasteiger partial charge in [0.05, 0.1) is 0 Å². The van der Waals surface area contributed by atoms with E-state index in [4.69, 9.17) is 18.9 Å². The van der Waals surface area contributed by atoms with E-state index >= 15 is 0 Å². The number of hydrogen-bond acceptors (Lipinski definition) is 6. The molecule has 6 nitrogen and oxygen atoms in total. The van der Waals surface area contributed by atoms with E-state index in [0.29, 0.717) is 13.6 Å². The fourth-order valence-electron chi connectivity index (χ4n) is 3.10. The van der Waals surface area contributed by atoms with E-state index in [9.17, 15) is 0 Å². The zero-order valence-electron chi connectivity index (χ0n) is 16.0. The van der Waals surface area contributed by atoms with Crippen LogP contribution in [0.15, 0.2) is 53.8 Å². The Morgan fingerprint density at radius 3 is 2.00 bits per heavy atom. The molecule has 0 aliphatic carbocycles. The maximum atomic E-state index is 5.42. The van der Waals surface area contributed by atoms with E-state index in [1.807, 2.05) is 31.2 Å². The lowest BCUT2D eigenvalue weighted by molar-refractivity contribution is 0.173. The van der Waals surface area contributed by atoms with Crippen molar-refractivity contribution in [1.29, 1.82) is 0 Å². The highest BCUT2D eigenvalue weighted by atomic mass is 16.7. The number of rotatable bonds is 8. The van der Waals surface area contributed by atoms with Gasteiger partial charge in [0.15, 0.2) is 23.0 Å². The van der Waals surface area contributed by atoms with Crippen LogP contribution in [-0.4, -0.2) is 19.3 Å². The van der Waals surface area contributed by atoms with Gasteiger partial charge in [0.2, 0.25) is 13.6 Å². The first kappa shape index (κ1) is 18.2. The molecule has 0 aromatic heterocycles. The Kier molecular flexibility index (Phi) is 5.37. The molecule has 4 rings (SSSR count). The Bertz CT molecular complexity index is 907. The molecular formula is C22H24N2O4. The number of ether oxygens (including phenoxy) is 4. The molecule has 2 aliphatic rings. The summed E-state index contributed by atoms with van der Waals surface area (Å²) < 4.78 is 21.5. The van der Waals surface area contributed by atoms with Crippen molar-refractivity contribution in [2.45, 2.75) is 32.6 Å². The molecular weight excluding hydrogens is 356 g/mol. The summed E-state index contributed by atoms with van der Waals surface area (Å²) in [5, 5.41) is 4.45. The first-order chi connectivity index (χ1) is 13.7. The van der Waals surface area contributed by atoms with Crippen LogP contribution in [0.25, 0.3) is 0 Å². The zero-order chi connectivity index (χ0) is 19.3. The summed E-state index contributed by atoms with van der Waals surface area (Å²) in [6.45, 7) is 6.69. The number of nitrogens with zero attached hydrogens (tertiary/aromatic N) is 1. The van der Waals surface area contributed by atoms with Gasteiger partial charge in [-0.15, -0.1) is 0 Å². The molecule has 28 heavy (non-hydrogen) atoms. The quantitative estimate of drug-likeness (QED) is 0.550. The summed E-state index contributed by atoms with van der Waals surface area (Å²) in [5.41, 5.74) is 7.39. The van der Waals surface area contributed by atoms with Crippen LogP contribution in [0.2, 0.25) is 0 Å². The summed E-state index contributed by atoms with van der Waals surface area (Å²) in [4.78, 5) is 0. The van der Waals surface area contributed by atoms with Crippen LogP contribution in [0.1, 0.15) is 30.9 Å². The molecule has 2 aliphatic heterocycles. The minimum Gasteiger partial charge on any atom is -0.454 e. The highest BCUT2D eigenvalue weighted by Crippen LogP contribution is 2.33. The number of fused-ring (bicyclic) bond motifs is 2. The molecule has 2 heterocycles. The van der Waals surface area contributed by atoms with E-state index < -0.39 is 0 Å². The number of aryl methyl sites for hydroxylation is 2. The summed E-state index contributed by atoms with van der Waals surface area (Å²) >= 11 is 0. The predicted octanol–water partition coefficient (Wildman–Crippen LogP) is 4.19. The second-order valence-electron chi connectivity index (χ2n) is 6.94. The van der Waals surface area contributed by atoms with Crippen molar-refractivity contribution in [3.8, 4) is 23.0 Å². The molecule has 0 bridgehead atoms. The average molecular weight is 380 g/mol. The van der Waals surface area contributed by atoms with E-state index in [-0.39, 0.29) is 0 Å². The second kappa shape index (κ2) is 8.25. The molecule has 0 atom stereocenters. The van der Waals surface area contributed by atoms with Gasteiger partial charge in [0.25, 0.3) is 0 Å². The van der Waals surface area contributed by atoms with Crippen molar-refractivity contribution in [3.63, 3.8) is 0 Å². The highest BCUT2D eigenvalue weighted by Gasteiger charge is 2.14. The predicted molar refractivity (Wildman–Crippen MR) is 107 cm³/mol. The van der Waals surface area contributed by atoms with Gasteiger partial charge in [-0.2, -0.15) is 5.10 Å². The van der Waals surface area contributed by atoms with Crippen LogP contribution in [0, 0.1) is 0 Å². The van der Waals surface area contributed by atoms with Crippen LogP contribution >= 0.6 is 0 Å². The van der Waals surface area contributed by atoms with Crippen molar-refractivity contribution in [2.75, 3.05) is 13.6 Å². The zero-order valence-corrected chi connectivity index (χ0v) is 16.0. The average Bonchev–Trinajstić information content (AvgIpc) is 3.37. The Morgan fingerprint density at radius 2 is 1.39 bits per heavy atom. The van der Waals surface area contributed by atoms with Crippen LogP contribution in [0.5, 0.6) is 23.0 Å². The summed E-state index contributed by atoms with van der Waals surface area (Å²) in [5.74, 6) is 3.26. The first-order valence-electron chi connectivity index (χ1n) is 9.41. The molecule has 6 heteroatoms. The third-order valence-electron chi connectivity index (χ3n) is 4.77. The van der Waals surface area contributed by atoms with Crippen molar-refractivity contribution in [2.24, 2.45) is 5.10 Å². The molecule has 0 saturated carbocycles. The van der Waals surface area contributed by atoms with Crippen LogP contribution < -0.4 is 24.4 Å². The minimum absolute atomic E-state index is 0.299. The van der Waals surface area contributed by atoms with Gasteiger partial charge in [-0.25, -0.2) is 0 Å². The summed E-state index contributed by atoms with van der Waals surface area (Å²) in [7, 11) is 0. The molecule has 0 fully saturated rings. The minimum atomic E-state index is 0.299. The lowest BCUT2D eigenvalue weighted by Crippen LogP contribution is -2.09.